The van der Waals surface area contributed by atoms with Crippen molar-refractivity contribution in [3.63, 3.8) is 0 Å². The van der Waals surface area contributed by atoms with E-state index in [0.717, 1.165) is 36.9 Å². The van der Waals surface area contributed by atoms with Crippen LogP contribution in [0.5, 0.6) is 5.75 Å². The molecule has 0 bridgehead atoms. The Kier molecular flexibility index (Phi) is 5.75. The van der Waals surface area contributed by atoms with Crippen LogP contribution in [0.25, 0.3) is 0 Å². The van der Waals surface area contributed by atoms with Crippen LogP contribution in [0.3, 0.4) is 0 Å². The third-order valence-electron chi connectivity index (χ3n) is 6.88. The van der Waals surface area contributed by atoms with Crippen LogP contribution < -0.4 is 4.90 Å². The largest absolute Gasteiger partial charge is 0.508 e. The molecular weight excluding hydrogens is 416 g/mol. The summed E-state index contributed by atoms with van der Waals surface area (Å²) in [5.74, 6) is -1.49. The number of hydrogen-bond donors (Lipinski definition) is 1. The predicted molar refractivity (Wildman–Crippen MR) is 126 cm³/mol. The highest BCUT2D eigenvalue weighted by Gasteiger charge is 2.45. The molecule has 6 heteroatoms. The average Bonchev–Trinajstić information content (AvgIpc) is 3.31. The summed E-state index contributed by atoms with van der Waals surface area (Å²) in [4.78, 5) is 33.7. The second-order valence-electron chi connectivity index (χ2n) is 9.12. The first kappa shape index (κ1) is 21.4. The van der Waals surface area contributed by atoms with Gasteiger partial charge in [-0.3, -0.25) is 14.6 Å². The lowest BCUT2D eigenvalue weighted by atomic mass is 9.73. The van der Waals surface area contributed by atoms with Crippen molar-refractivity contribution < 1.29 is 19.4 Å². The zero-order valence-electron chi connectivity index (χ0n) is 18.7. The third kappa shape index (κ3) is 4.17. The number of phenols is 1. The number of Topliss-reactive ketones (excluding diaryl/α,β-unsaturated/α-hetero) is 1. The predicted octanol–water partition coefficient (Wildman–Crippen LogP) is 4.40. The van der Waals surface area contributed by atoms with E-state index < -0.39 is 11.8 Å². The molecule has 5 rings (SSSR count). The number of benzene rings is 2. The lowest BCUT2D eigenvalue weighted by Crippen LogP contribution is -2.45. The Bertz CT molecular complexity index is 1130. The van der Waals surface area contributed by atoms with E-state index in [1.165, 1.54) is 0 Å². The van der Waals surface area contributed by atoms with Gasteiger partial charge in [0.05, 0.1) is 18.8 Å². The molecule has 1 N–H and O–H groups in total. The Hall–Kier alpha value is -3.41. The van der Waals surface area contributed by atoms with Gasteiger partial charge in [0, 0.05) is 22.9 Å². The zero-order chi connectivity index (χ0) is 22.9. The first-order valence-corrected chi connectivity index (χ1v) is 11.6. The van der Waals surface area contributed by atoms with Gasteiger partial charge in [0.25, 0.3) is 0 Å². The maximum atomic E-state index is 13.5. The summed E-state index contributed by atoms with van der Waals surface area (Å²) < 4.78 is 5.88. The number of rotatable bonds is 4. The highest BCUT2D eigenvalue weighted by Crippen LogP contribution is 2.43. The molecule has 2 aromatic carbocycles. The lowest BCUT2D eigenvalue weighted by molar-refractivity contribution is -0.151. The average molecular weight is 445 g/mol. The topological polar surface area (TPSA) is 79.2 Å². The van der Waals surface area contributed by atoms with Crippen molar-refractivity contribution in [1.82, 2.24) is 0 Å². The van der Waals surface area contributed by atoms with Gasteiger partial charge >= 0.3 is 5.97 Å². The van der Waals surface area contributed by atoms with Gasteiger partial charge < -0.3 is 14.7 Å². The van der Waals surface area contributed by atoms with Crippen LogP contribution in [0, 0.1) is 5.92 Å². The number of ketones is 1. The van der Waals surface area contributed by atoms with Crippen LogP contribution in [0.2, 0.25) is 0 Å². The van der Waals surface area contributed by atoms with E-state index in [1.54, 1.807) is 18.2 Å². The molecule has 0 amide bonds. The molecule has 2 aliphatic heterocycles. The van der Waals surface area contributed by atoms with Crippen LogP contribution in [-0.4, -0.2) is 41.8 Å². The molecule has 2 atom stereocenters. The van der Waals surface area contributed by atoms with Crippen molar-refractivity contribution in [1.29, 1.82) is 0 Å². The van der Waals surface area contributed by atoms with Crippen molar-refractivity contribution in [3.05, 3.63) is 71.4 Å². The second kappa shape index (κ2) is 8.85. The molecule has 2 heterocycles. The number of anilines is 1. The lowest BCUT2D eigenvalue weighted by Gasteiger charge is -2.38. The van der Waals surface area contributed by atoms with Gasteiger partial charge in [0.1, 0.15) is 17.8 Å². The van der Waals surface area contributed by atoms with Gasteiger partial charge in [0.2, 0.25) is 0 Å². The smallest absolute Gasteiger partial charge is 0.315 e. The number of carbonyl (C=O) groups excluding carboxylic acids is 2. The maximum absolute atomic E-state index is 13.5. The molecule has 33 heavy (non-hydrogen) atoms. The van der Waals surface area contributed by atoms with Gasteiger partial charge in [-0.15, -0.1) is 0 Å². The fraction of sp³-hybridized carbons (Fsp3) is 0.370. The molecule has 6 nitrogen and oxygen atoms in total. The van der Waals surface area contributed by atoms with E-state index in [4.69, 9.17) is 9.73 Å². The molecule has 3 aliphatic rings. The summed E-state index contributed by atoms with van der Waals surface area (Å²) in [6, 6.07) is 16.6. The van der Waals surface area contributed by atoms with E-state index in [-0.39, 0.29) is 30.2 Å². The highest BCUT2D eigenvalue weighted by molar-refractivity contribution is 6.10. The van der Waals surface area contributed by atoms with E-state index in [0.29, 0.717) is 23.5 Å². The van der Waals surface area contributed by atoms with Crippen molar-refractivity contribution in [2.45, 2.75) is 44.6 Å². The molecule has 1 fully saturated rings. The number of esters is 1. The molecular formula is C27H28N2O4. The molecule has 0 radical (unpaired) electrons. The minimum absolute atomic E-state index is 0.0524. The van der Waals surface area contributed by atoms with Crippen LogP contribution in [0.4, 0.5) is 5.69 Å². The normalized spacial score (nSPS) is 23.4. The molecule has 1 saturated carbocycles. The molecule has 170 valence electrons. The summed E-state index contributed by atoms with van der Waals surface area (Å²) >= 11 is 0. The summed E-state index contributed by atoms with van der Waals surface area (Å²) in [5, 5.41) is 10.2. The highest BCUT2D eigenvalue weighted by atomic mass is 16.5. The van der Waals surface area contributed by atoms with E-state index in [1.807, 2.05) is 48.2 Å². The first-order chi connectivity index (χ1) is 16.0. The number of para-hydroxylation sites is 1. The molecule has 2 aromatic rings. The van der Waals surface area contributed by atoms with E-state index in [9.17, 15) is 14.7 Å². The van der Waals surface area contributed by atoms with Gasteiger partial charge in [-0.1, -0.05) is 30.3 Å². The molecule has 1 aliphatic carbocycles. The second-order valence-corrected chi connectivity index (χ2v) is 9.12. The SMILES string of the molecule is CC1=NC2=C(C(=O)CN(c3ccccc3)C2)C(c2cccc(O)c2)C1C(=O)OC1CCCC1. The Balaban J connectivity index is 1.55. The van der Waals surface area contributed by atoms with Gasteiger partial charge in [-0.2, -0.15) is 0 Å². The Labute approximate surface area is 193 Å². The number of phenolic OH excluding ortho intramolecular Hbond substituents is 1. The van der Waals surface area contributed by atoms with E-state index >= 15 is 0 Å². The third-order valence-corrected chi connectivity index (χ3v) is 6.88. The standard InChI is InChI=1S/C27H28N2O4/c1-17-24(27(32)33-21-12-5-6-13-21)25(18-8-7-11-20(30)14-18)26-22(28-17)15-29(16-23(26)31)19-9-3-2-4-10-19/h2-4,7-11,14,21,24-25,30H,5-6,12-13,15-16H2,1H3. The maximum Gasteiger partial charge on any atom is 0.315 e. The minimum Gasteiger partial charge on any atom is -0.508 e. The molecule has 2 unspecified atom stereocenters. The number of carbonyl (C=O) groups is 2. The van der Waals surface area contributed by atoms with Crippen molar-refractivity contribution in [3.8, 4) is 5.75 Å². The Morgan fingerprint density at radius 2 is 1.82 bits per heavy atom. The van der Waals surface area contributed by atoms with Crippen molar-refractivity contribution in [2.24, 2.45) is 10.9 Å². The van der Waals surface area contributed by atoms with Crippen molar-refractivity contribution >= 4 is 23.2 Å². The fourth-order valence-corrected chi connectivity index (χ4v) is 5.33. The Morgan fingerprint density at radius 1 is 1.06 bits per heavy atom. The first-order valence-electron chi connectivity index (χ1n) is 11.6. The van der Waals surface area contributed by atoms with Crippen LogP contribution >= 0.6 is 0 Å². The van der Waals surface area contributed by atoms with Crippen LogP contribution in [0.1, 0.15) is 44.1 Å². The monoisotopic (exact) mass is 444 g/mol. The number of ether oxygens (including phenoxy) is 1. The summed E-state index contributed by atoms with van der Waals surface area (Å²) in [7, 11) is 0. The van der Waals surface area contributed by atoms with E-state index in [2.05, 4.69) is 0 Å². The van der Waals surface area contributed by atoms with Gasteiger partial charge in [-0.25, -0.2) is 0 Å². The number of aliphatic imine (C=N–C) groups is 1. The number of aromatic hydroxyl groups is 1. The zero-order valence-corrected chi connectivity index (χ0v) is 18.7. The number of nitrogens with zero attached hydrogens (tertiary/aromatic N) is 2. The molecule has 0 aromatic heterocycles. The molecule has 0 saturated heterocycles. The minimum atomic E-state index is -0.682. The quantitative estimate of drug-likeness (QED) is 0.708. The van der Waals surface area contributed by atoms with Crippen molar-refractivity contribution in [2.75, 3.05) is 18.0 Å². The summed E-state index contributed by atoms with van der Waals surface area (Å²) in [5.41, 5.74) is 3.58. The summed E-state index contributed by atoms with van der Waals surface area (Å²) in [6.45, 7) is 2.55. The molecule has 0 spiro atoms. The van der Waals surface area contributed by atoms with Gasteiger partial charge in [0.15, 0.2) is 5.78 Å². The van der Waals surface area contributed by atoms with Crippen LogP contribution in [-0.2, 0) is 14.3 Å². The number of hydrogen-bond acceptors (Lipinski definition) is 6. The fourth-order valence-electron chi connectivity index (χ4n) is 5.33. The van der Waals surface area contributed by atoms with Crippen LogP contribution in [0.15, 0.2) is 70.9 Å². The van der Waals surface area contributed by atoms with Gasteiger partial charge in [-0.05, 0) is 62.4 Å². The summed E-state index contributed by atoms with van der Waals surface area (Å²) in [6.07, 6.45) is 3.82. The Morgan fingerprint density at radius 3 is 2.55 bits per heavy atom.